The number of nitrogens with one attached hydrogen (secondary N) is 1. The van der Waals surface area contributed by atoms with Crippen LogP contribution < -0.4 is 11.1 Å². The van der Waals surface area contributed by atoms with Gasteiger partial charge < -0.3 is 11.1 Å². The number of nitrogens with zero attached hydrogens (tertiary/aromatic N) is 1. The summed E-state index contributed by atoms with van der Waals surface area (Å²) in [7, 11) is 0. The van der Waals surface area contributed by atoms with Crippen LogP contribution in [0.4, 0.5) is 5.82 Å². The minimum atomic E-state index is 0.103. The highest BCUT2D eigenvalue weighted by Gasteiger charge is 2.35. The topological polar surface area (TPSA) is 50.9 Å². The Morgan fingerprint density at radius 3 is 2.80 bits per heavy atom. The lowest BCUT2D eigenvalue weighted by Crippen LogP contribution is -2.51. The Bertz CT molecular complexity index is 355. The summed E-state index contributed by atoms with van der Waals surface area (Å²) in [6, 6.07) is 2.07. The van der Waals surface area contributed by atoms with Crippen LogP contribution in [0.2, 0.25) is 0 Å². The van der Waals surface area contributed by atoms with E-state index in [0.717, 1.165) is 28.7 Å². The van der Waals surface area contributed by atoms with Gasteiger partial charge in [0, 0.05) is 17.2 Å². The van der Waals surface area contributed by atoms with Crippen molar-refractivity contribution in [3.8, 4) is 0 Å². The SMILES string of the molecule is Cc1cc(Br)cnc1NC1(CN)CCC1. The second-order valence-corrected chi connectivity index (χ2v) is 5.20. The molecule has 82 valence electrons. The first-order valence-corrected chi connectivity index (χ1v) is 6.05. The van der Waals surface area contributed by atoms with Crippen LogP contribution in [0.3, 0.4) is 0 Å². The molecule has 0 saturated heterocycles. The maximum Gasteiger partial charge on any atom is 0.129 e. The fourth-order valence-corrected chi connectivity index (χ4v) is 2.35. The maximum atomic E-state index is 5.80. The number of rotatable bonds is 3. The monoisotopic (exact) mass is 269 g/mol. The molecular weight excluding hydrogens is 254 g/mol. The van der Waals surface area contributed by atoms with Crippen LogP contribution >= 0.6 is 15.9 Å². The van der Waals surface area contributed by atoms with Crippen molar-refractivity contribution in [3.63, 3.8) is 0 Å². The van der Waals surface area contributed by atoms with Crippen LogP contribution in [0.15, 0.2) is 16.7 Å². The van der Waals surface area contributed by atoms with E-state index < -0.39 is 0 Å². The zero-order valence-corrected chi connectivity index (χ0v) is 10.5. The summed E-state index contributed by atoms with van der Waals surface area (Å²) in [6.45, 7) is 2.74. The molecule has 0 bridgehead atoms. The minimum absolute atomic E-state index is 0.103. The van der Waals surface area contributed by atoms with Crippen molar-refractivity contribution in [1.82, 2.24) is 4.98 Å². The molecule has 1 saturated carbocycles. The highest BCUT2D eigenvalue weighted by molar-refractivity contribution is 9.10. The number of anilines is 1. The van der Waals surface area contributed by atoms with Crippen molar-refractivity contribution in [3.05, 3.63) is 22.3 Å². The van der Waals surface area contributed by atoms with Crippen LogP contribution in [0.25, 0.3) is 0 Å². The second-order valence-electron chi connectivity index (χ2n) is 4.28. The molecule has 1 fully saturated rings. The van der Waals surface area contributed by atoms with Gasteiger partial charge in [0.2, 0.25) is 0 Å². The van der Waals surface area contributed by atoms with Gasteiger partial charge in [0.05, 0.1) is 5.54 Å². The first-order chi connectivity index (χ1) is 7.15. The van der Waals surface area contributed by atoms with Crippen molar-refractivity contribution in [1.29, 1.82) is 0 Å². The molecule has 0 aromatic carbocycles. The zero-order chi connectivity index (χ0) is 10.9. The van der Waals surface area contributed by atoms with Crippen molar-refractivity contribution in [2.75, 3.05) is 11.9 Å². The van der Waals surface area contributed by atoms with E-state index in [9.17, 15) is 0 Å². The zero-order valence-electron chi connectivity index (χ0n) is 8.89. The Kier molecular flexibility index (Phi) is 2.98. The summed E-state index contributed by atoms with van der Waals surface area (Å²) in [5, 5.41) is 3.48. The van der Waals surface area contributed by atoms with Gasteiger partial charge in [-0.1, -0.05) is 0 Å². The molecule has 0 unspecified atom stereocenters. The Balaban J connectivity index is 2.16. The van der Waals surface area contributed by atoms with Gasteiger partial charge in [-0.15, -0.1) is 0 Å². The van der Waals surface area contributed by atoms with Gasteiger partial charge in [-0.3, -0.25) is 0 Å². The molecule has 1 aromatic rings. The molecular formula is C11H16BrN3. The molecule has 1 heterocycles. The summed E-state index contributed by atoms with van der Waals surface area (Å²) in [6.07, 6.45) is 5.39. The van der Waals surface area contributed by atoms with Crippen LogP contribution in [0.5, 0.6) is 0 Å². The van der Waals surface area contributed by atoms with E-state index in [1.54, 1.807) is 0 Å². The van der Waals surface area contributed by atoms with Gasteiger partial charge in [-0.2, -0.15) is 0 Å². The predicted molar refractivity (Wildman–Crippen MR) is 65.9 cm³/mol. The molecule has 2 rings (SSSR count). The smallest absolute Gasteiger partial charge is 0.129 e. The summed E-state index contributed by atoms with van der Waals surface area (Å²) >= 11 is 3.41. The highest BCUT2D eigenvalue weighted by atomic mass is 79.9. The molecule has 0 atom stereocenters. The summed E-state index contributed by atoms with van der Waals surface area (Å²) in [5.74, 6) is 0.961. The third-order valence-electron chi connectivity index (χ3n) is 3.13. The lowest BCUT2D eigenvalue weighted by molar-refractivity contribution is 0.286. The lowest BCUT2D eigenvalue weighted by atomic mass is 9.77. The van der Waals surface area contributed by atoms with Crippen molar-refractivity contribution in [2.24, 2.45) is 5.73 Å². The molecule has 0 spiro atoms. The Labute approximate surface area is 98.6 Å². The van der Waals surface area contributed by atoms with E-state index in [0.29, 0.717) is 6.54 Å². The predicted octanol–water partition coefficient (Wildman–Crippen LogP) is 2.45. The van der Waals surface area contributed by atoms with E-state index in [1.807, 2.05) is 6.20 Å². The average molecular weight is 270 g/mol. The van der Waals surface area contributed by atoms with E-state index >= 15 is 0 Å². The standard InChI is InChI=1S/C11H16BrN3/c1-8-5-9(12)6-14-10(8)15-11(7-13)3-2-4-11/h5-6H,2-4,7,13H2,1H3,(H,14,15). The van der Waals surface area contributed by atoms with Gasteiger partial charge in [-0.05, 0) is 53.7 Å². The van der Waals surface area contributed by atoms with E-state index in [1.165, 1.54) is 6.42 Å². The number of hydrogen-bond acceptors (Lipinski definition) is 3. The number of pyridine rings is 1. The lowest BCUT2D eigenvalue weighted by Gasteiger charge is -2.42. The van der Waals surface area contributed by atoms with Crippen LogP contribution in [-0.4, -0.2) is 17.1 Å². The number of nitrogens with two attached hydrogens (primary N) is 1. The fraction of sp³-hybridized carbons (Fsp3) is 0.545. The van der Waals surface area contributed by atoms with E-state index in [4.69, 9.17) is 5.73 Å². The molecule has 3 N–H and O–H groups in total. The average Bonchev–Trinajstić information content (AvgIpc) is 2.14. The minimum Gasteiger partial charge on any atom is -0.363 e. The molecule has 1 aromatic heterocycles. The molecule has 4 heteroatoms. The normalized spacial score (nSPS) is 18.3. The largest absolute Gasteiger partial charge is 0.363 e. The Hall–Kier alpha value is -0.610. The third kappa shape index (κ3) is 2.16. The van der Waals surface area contributed by atoms with Crippen molar-refractivity contribution >= 4 is 21.7 Å². The van der Waals surface area contributed by atoms with Gasteiger partial charge in [0.15, 0.2) is 0 Å². The molecule has 1 aliphatic carbocycles. The third-order valence-corrected chi connectivity index (χ3v) is 3.56. The van der Waals surface area contributed by atoms with E-state index in [-0.39, 0.29) is 5.54 Å². The maximum absolute atomic E-state index is 5.80. The molecule has 0 amide bonds. The summed E-state index contributed by atoms with van der Waals surface area (Å²) in [4.78, 5) is 4.38. The van der Waals surface area contributed by atoms with Crippen LogP contribution in [0.1, 0.15) is 24.8 Å². The first kappa shape index (κ1) is 10.9. The first-order valence-electron chi connectivity index (χ1n) is 5.26. The van der Waals surface area contributed by atoms with E-state index in [2.05, 4.69) is 39.2 Å². The fourth-order valence-electron chi connectivity index (χ4n) is 1.91. The van der Waals surface area contributed by atoms with Gasteiger partial charge in [0.25, 0.3) is 0 Å². The van der Waals surface area contributed by atoms with Gasteiger partial charge in [-0.25, -0.2) is 4.98 Å². The number of aromatic nitrogens is 1. The highest BCUT2D eigenvalue weighted by Crippen LogP contribution is 2.34. The quantitative estimate of drug-likeness (QED) is 0.887. The second kappa shape index (κ2) is 4.10. The van der Waals surface area contributed by atoms with Crippen molar-refractivity contribution in [2.45, 2.75) is 31.7 Å². The summed E-state index contributed by atoms with van der Waals surface area (Å²) < 4.78 is 1.01. The molecule has 0 aliphatic heterocycles. The molecule has 1 aliphatic rings. The summed E-state index contributed by atoms with van der Waals surface area (Å²) in [5.41, 5.74) is 7.06. The number of hydrogen-bond donors (Lipinski definition) is 2. The Morgan fingerprint density at radius 2 is 2.33 bits per heavy atom. The Morgan fingerprint density at radius 1 is 1.60 bits per heavy atom. The van der Waals surface area contributed by atoms with Crippen LogP contribution in [0, 0.1) is 6.92 Å². The van der Waals surface area contributed by atoms with Gasteiger partial charge >= 0.3 is 0 Å². The number of halogens is 1. The van der Waals surface area contributed by atoms with Crippen molar-refractivity contribution < 1.29 is 0 Å². The molecule has 0 radical (unpaired) electrons. The molecule has 3 nitrogen and oxygen atoms in total. The van der Waals surface area contributed by atoms with Gasteiger partial charge in [0.1, 0.15) is 5.82 Å². The number of aryl methyl sites for hydroxylation is 1. The molecule has 15 heavy (non-hydrogen) atoms. The van der Waals surface area contributed by atoms with Crippen LogP contribution in [-0.2, 0) is 0 Å².